The summed E-state index contributed by atoms with van der Waals surface area (Å²) in [7, 11) is 0. The molecule has 0 aliphatic carbocycles. The molecule has 0 N–H and O–H groups in total. The topological polar surface area (TPSA) is 0 Å². The Morgan fingerprint density at radius 3 is 2.71 bits per heavy atom. The third-order valence-electron chi connectivity index (χ3n) is 2.13. The summed E-state index contributed by atoms with van der Waals surface area (Å²) in [5, 5.41) is 2.98. The molecule has 2 rings (SSSR count). The van der Waals surface area contributed by atoms with Crippen LogP contribution in [0.25, 0.3) is 10.1 Å². The normalized spacial score (nSPS) is 11.5. The molecule has 0 saturated carbocycles. The van der Waals surface area contributed by atoms with Gasteiger partial charge in [-0.3, -0.25) is 0 Å². The van der Waals surface area contributed by atoms with Gasteiger partial charge in [-0.25, -0.2) is 8.78 Å². The van der Waals surface area contributed by atoms with E-state index in [-0.39, 0.29) is 5.56 Å². The molecule has 0 atom stereocenters. The highest BCUT2D eigenvalue weighted by Crippen LogP contribution is 2.35. The van der Waals surface area contributed by atoms with E-state index < -0.39 is 6.43 Å². The van der Waals surface area contributed by atoms with E-state index >= 15 is 0 Å². The molecular formula is C10H7F2IS. The fraction of sp³-hybridized carbons (Fsp3) is 0.200. The first-order valence-electron chi connectivity index (χ1n) is 4.05. The molecule has 4 heteroatoms. The summed E-state index contributed by atoms with van der Waals surface area (Å²) in [4.78, 5) is 0. The Labute approximate surface area is 98.1 Å². The maximum Gasteiger partial charge on any atom is 0.264 e. The molecule has 0 aliphatic heterocycles. The molecule has 0 bridgehead atoms. The van der Waals surface area contributed by atoms with Gasteiger partial charge in [0.15, 0.2) is 0 Å². The predicted octanol–water partition coefficient (Wildman–Crippen LogP) is 4.75. The Bertz CT molecular complexity index is 476. The van der Waals surface area contributed by atoms with Crippen molar-refractivity contribution in [3.63, 3.8) is 0 Å². The first kappa shape index (κ1) is 10.3. The van der Waals surface area contributed by atoms with Gasteiger partial charge in [-0.05, 0) is 46.5 Å². The molecule has 0 spiro atoms. The summed E-state index contributed by atoms with van der Waals surface area (Å²) in [6.45, 7) is 1.95. The van der Waals surface area contributed by atoms with Crippen LogP contribution in [0.4, 0.5) is 8.78 Å². The van der Waals surface area contributed by atoms with Crippen molar-refractivity contribution in [3.05, 3.63) is 32.2 Å². The lowest BCUT2D eigenvalue weighted by Gasteiger charge is -2.04. The van der Waals surface area contributed by atoms with E-state index in [1.54, 1.807) is 17.4 Å². The van der Waals surface area contributed by atoms with Crippen LogP contribution in [0.3, 0.4) is 0 Å². The lowest BCUT2D eigenvalue weighted by atomic mass is 10.1. The highest BCUT2D eigenvalue weighted by Gasteiger charge is 2.15. The fourth-order valence-corrected chi connectivity index (χ4v) is 3.68. The van der Waals surface area contributed by atoms with Crippen molar-refractivity contribution < 1.29 is 8.78 Å². The summed E-state index contributed by atoms with van der Waals surface area (Å²) >= 11 is 3.60. The quantitative estimate of drug-likeness (QED) is 0.664. The van der Waals surface area contributed by atoms with Crippen LogP contribution in [0.5, 0.6) is 0 Å². The smallest absolute Gasteiger partial charge is 0.205 e. The van der Waals surface area contributed by atoms with Crippen LogP contribution in [0, 0.1) is 10.5 Å². The van der Waals surface area contributed by atoms with Gasteiger partial charge >= 0.3 is 0 Å². The average molecular weight is 324 g/mol. The van der Waals surface area contributed by atoms with E-state index in [9.17, 15) is 8.78 Å². The van der Waals surface area contributed by atoms with Crippen LogP contribution in [-0.4, -0.2) is 0 Å². The SMILES string of the molecule is Cc1csc2ccc(C(F)F)c(I)c12. The molecule has 0 amide bonds. The number of hydrogen-bond acceptors (Lipinski definition) is 1. The Balaban J connectivity index is 2.79. The Morgan fingerprint density at radius 1 is 1.36 bits per heavy atom. The van der Waals surface area contributed by atoms with Gasteiger partial charge < -0.3 is 0 Å². The van der Waals surface area contributed by atoms with E-state index in [1.807, 2.05) is 34.9 Å². The molecule has 1 aromatic heterocycles. The van der Waals surface area contributed by atoms with Crippen molar-refractivity contribution >= 4 is 44.0 Å². The molecule has 74 valence electrons. The lowest BCUT2D eigenvalue weighted by Crippen LogP contribution is -1.89. The van der Waals surface area contributed by atoms with E-state index in [0.717, 1.165) is 15.6 Å². The number of aryl methyl sites for hydroxylation is 1. The van der Waals surface area contributed by atoms with Crippen molar-refractivity contribution in [1.82, 2.24) is 0 Å². The Kier molecular flexibility index (Phi) is 2.74. The second kappa shape index (κ2) is 3.73. The van der Waals surface area contributed by atoms with Crippen LogP contribution in [-0.2, 0) is 0 Å². The predicted molar refractivity (Wildman–Crippen MR) is 64.2 cm³/mol. The van der Waals surface area contributed by atoms with Gasteiger partial charge in [0.1, 0.15) is 0 Å². The fourth-order valence-electron chi connectivity index (χ4n) is 1.42. The van der Waals surface area contributed by atoms with E-state index in [0.29, 0.717) is 3.57 Å². The molecule has 2 aromatic rings. The summed E-state index contributed by atoms with van der Waals surface area (Å²) in [6, 6.07) is 3.29. The Hall–Kier alpha value is -0.230. The Morgan fingerprint density at radius 2 is 2.07 bits per heavy atom. The standard InChI is InChI=1S/C10H7F2IS/c1-5-4-14-7-3-2-6(10(11)12)9(13)8(5)7/h2-4,10H,1H3. The van der Waals surface area contributed by atoms with Crippen molar-refractivity contribution in [3.8, 4) is 0 Å². The molecule has 0 fully saturated rings. The van der Waals surface area contributed by atoms with Crippen LogP contribution in [0.1, 0.15) is 17.6 Å². The minimum atomic E-state index is -2.38. The summed E-state index contributed by atoms with van der Waals surface area (Å²) < 4.78 is 27.0. The molecule has 0 aliphatic rings. The minimum absolute atomic E-state index is 0.139. The molecular weight excluding hydrogens is 317 g/mol. The minimum Gasteiger partial charge on any atom is -0.205 e. The van der Waals surface area contributed by atoms with Crippen molar-refractivity contribution in [2.45, 2.75) is 13.3 Å². The highest BCUT2D eigenvalue weighted by molar-refractivity contribution is 14.1. The van der Waals surface area contributed by atoms with Crippen LogP contribution >= 0.6 is 33.9 Å². The van der Waals surface area contributed by atoms with Gasteiger partial charge in [0.25, 0.3) is 6.43 Å². The first-order chi connectivity index (χ1) is 6.61. The first-order valence-corrected chi connectivity index (χ1v) is 6.01. The van der Waals surface area contributed by atoms with Crippen LogP contribution in [0.2, 0.25) is 0 Å². The zero-order valence-corrected chi connectivity index (χ0v) is 10.3. The van der Waals surface area contributed by atoms with Crippen LogP contribution < -0.4 is 0 Å². The van der Waals surface area contributed by atoms with Gasteiger partial charge in [-0.2, -0.15) is 0 Å². The van der Waals surface area contributed by atoms with Crippen molar-refractivity contribution in [1.29, 1.82) is 0 Å². The van der Waals surface area contributed by atoms with Gasteiger partial charge in [-0.15, -0.1) is 11.3 Å². The van der Waals surface area contributed by atoms with E-state index in [4.69, 9.17) is 0 Å². The zero-order valence-electron chi connectivity index (χ0n) is 7.35. The second-order valence-electron chi connectivity index (χ2n) is 3.06. The molecule has 0 saturated heterocycles. The van der Waals surface area contributed by atoms with Crippen molar-refractivity contribution in [2.24, 2.45) is 0 Å². The molecule has 1 heterocycles. The summed E-state index contributed by atoms with van der Waals surface area (Å²) in [6.07, 6.45) is -2.38. The summed E-state index contributed by atoms with van der Waals surface area (Å²) in [5.41, 5.74) is 1.22. The van der Waals surface area contributed by atoms with Gasteiger partial charge in [0.2, 0.25) is 0 Å². The molecule has 0 nitrogen and oxygen atoms in total. The number of thiophene rings is 1. The number of rotatable bonds is 1. The van der Waals surface area contributed by atoms with Crippen LogP contribution in [0.15, 0.2) is 17.5 Å². The lowest BCUT2D eigenvalue weighted by molar-refractivity contribution is 0.150. The van der Waals surface area contributed by atoms with Crippen molar-refractivity contribution in [2.75, 3.05) is 0 Å². The third-order valence-corrected chi connectivity index (χ3v) is 4.35. The second-order valence-corrected chi connectivity index (χ2v) is 5.05. The third kappa shape index (κ3) is 1.54. The molecule has 14 heavy (non-hydrogen) atoms. The van der Waals surface area contributed by atoms with E-state index in [1.165, 1.54) is 6.07 Å². The monoisotopic (exact) mass is 324 g/mol. The van der Waals surface area contributed by atoms with Gasteiger partial charge in [0, 0.05) is 19.2 Å². The maximum atomic E-state index is 12.6. The number of alkyl halides is 2. The van der Waals surface area contributed by atoms with E-state index in [2.05, 4.69) is 0 Å². The molecule has 1 aromatic carbocycles. The van der Waals surface area contributed by atoms with Gasteiger partial charge in [0.05, 0.1) is 0 Å². The number of benzene rings is 1. The highest BCUT2D eigenvalue weighted by atomic mass is 127. The summed E-state index contributed by atoms with van der Waals surface area (Å²) in [5.74, 6) is 0. The average Bonchev–Trinajstić information content (AvgIpc) is 2.48. The molecule has 0 unspecified atom stereocenters. The number of fused-ring (bicyclic) bond motifs is 1. The maximum absolute atomic E-state index is 12.6. The largest absolute Gasteiger partial charge is 0.264 e. The number of halogens is 3. The van der Waals surface area contributed by atoms with Gasteiger partial charge in [-0.1, -0.05) is 6.07 Å². The number of hydrogen-bond donors (Lipinski definition) is 0. The molecule has 0 radical (unpaired) electrons. The zero-order chi connectivity index (χ0) is 10.3.